The fraction of sp³-hybridized carbons (Fsp3) is 0.556. The summed E-state index contributed by atoms with van der Waals surface area (Å²) in [6, 6.07) is 4.00. The summed E-state index contributed by atoms with van der Waals surface area (Å²) in [4.78, 5) is 22.0. The van der Waals surface area contributed by atoms with Gasteiger partial charge in [-0.25, -0.2) is 9.18 Å². The standard InChI is InChI=1S/C13H15ClFNO.C5H11NO2/c14-11-8-10(15)6-7-12(11)16-13(17)9-4-2-1-3-5-9;1-5(2,3)8-4(6)7/h6-9H,1-5H2,(H,16,17);1-3H3,(H2,6,7). The minimum atomic E-state index is -0.725. The number of carbonyl (C=O) groups excluding carboxylic acids is 2. The van der Waals surface area contributed by atoms with Crippen molar-refractivity contribution in [1.82, 2.24) is 0 Å². The van der Waals surface area contributed by atoms with Gasteiger partial charge in [-0.15, -0.1) is 0 Å². The average molecular weight is 373 g/mol. The minimum Gasteiger partial charge on any atom is -0.444 e. The monoisotopic (exact) mass is 372 g/mol. The zero-order valence-corrected chi connectivity index (χ0v) is 15.7. The molecule has 1 saturated carbocycles. The van der Waals surface area contributed by atoms with Gasteiger partial charge in [0.05, 0.1) is 10.7 Å². The second-order valence-electron chi connectivity index (χ2n) is 6.98. The van der Waals surface area contributed by atoms with Crippen LogP contribution in [0.25, 0.3) is 0 Å². The van der Waals surface area contributed by atoms with Gasteiger partial charge in [-0.05, 0) is 51.8 Å². The molecule has 25 heavy (non-hydrogen) atoms. The molecular weight excluding hydrogens is 347 g/mol. The molecule has 1 aliphatic carbocycles. The zero-order valence-electron chi connectivity index (χ0n) is 14.9. The molecule has 2 rings (SSSR count). The Hall–Kier alpha value is -1.82. The summed E-state index contributed by atoms with van der Waals surface area (Å²) in [6.45, 7) is 5.28. The Kier molecular flexibility index (Phi) is 8.16. The van der Waals surface area contributed by atoms with Gasteiger partial charge < -0.3 is 15.8 Å². The SMILES string of the molecule is CC(C)(C)OC(N)=O.O=C(Nc1ccc(F)cc1Cl)C1CCCCC1. The number of halogens is 2. The normalized spacial score (nSPS) is 14.9. The molecule has 7 heteroatoms. The first-order valence-corrected chi connectivity index (χ1v) is 8.70. The maximum atomic E-state index is 12.8. The lowest BCUT2D eigenvalue weighted by Crippen LogP contribution is -2.27. The molecule has 0 aromatic heterocycles. The maximum Gasteiger partial charge on any atom is 0.405 e. The van der Waals surface area contributed by atoms with E-state index in [0.29, 0.717) is 5.69 Å². The Morgan fingerprint density at radius 3 is 2.28 bits per heavy atom. The molecule has 0 heterocycles. The quantitative estimate of drug-likeness (QED) is 0.776. The average Bonchev–Trinajstić information content (AvgIpc) is 2.49. The predicted molar refractivity (Wildman–Crippen MR) is 97.0 cm³/mol. The molecule has 0 atom stereocenters. The number of benzene rings is 1. The van der Waals surface area contributed by atoms with Crippen LogP contribution in [-0.4, -0.2) is 17.6 Å². The van der Waals surface area contributed by atoms with Gasteiger partial charge in [0.15, 0.2) is 0 Å². The van der Waals surface area contributed by atoms with Crippen LogP contribution < -0.4 is 11.1 Å². The van der Waals surface area contributed by atoms with E-state index < -0.39 is 17.5 Å². The van der Waals surface area contributed by atoms with Crippen LogP contribution in [0.15, 0.2) is 18.2 Å². The van der Waals surface area contributed by atoms with Crippen molar-refractivity contribution < 1.29 is 18.7 Å². The van der Waals surface area contributed by atoms with E-state index in [-0.39, 0.29) is 16.8 Å². The van der Waals surface area contributed by atoms with Gasteiger partial charge in [0.1, 0.15) is 11.4 Å². The van der Waals surface area contributed by atoms with Gasteiger partial charge in [0, 0.05) is 5.92 Å². The first kappa shape index (κ1) is 21.2. The summed E-state index contributed by atoms with van der Waals surface area (Å²) in [5, 5.41) is 3.01. The van der Waals surface area contributed by atoms with Gasteiger partial charge in [0.2, 0.25) is 5.91 Å². The van der Waals surface area contributed by atoms with Crippen LogP contribution >= 0.6 is 11.6 Å². The third-order valence-electron chi connectivity index (χ3n) is 3.57. The number of amides is 2. The van der Waals surface area contributed by atoms with Crippen LogP contribution in [0.5, 0.6) is 0 Å². The fourth-order valence-electron chi connectivity index (χ4n) is 2.49. The highest BCUT2D eigenvalue weighted by Crippen LogP contribution is 2.27. The fourth-order valence-corrected chi connectivity index (χ4v) is 2.71. The van der Waals surface area contributed by atoms with Crippen molar-refractivity contribution in [2.75, 3.05) is 5.32 Å². The number of primary amides is 1. The minimum absolute atomic E-state index is 0.00166. The van der Waals surface area contributed by atoms with Gasteiger partial charge in [0.25, 0.3) is 0 Å². The van der Waals surface area contributed by atoms with Crippen molar-refractivity contribution in [2.24, 2.45) is 11.7 Å². The van der Waals surface area contributed by atoms with E-state index in [2.05, 4.69) is 10.1 Å². The van der Waals surface area contributed by atoms with Crippen LogP contribution in [0.1, 0.15) is 52.9 Å². The summed E-state index contributed by atoms with van der Waals surface area (Å²) in [7, 11) is 0. The highest BCUT2D eigenvalue weighted by atomic mass is 35.5. The molecule has 0 spiro atoms. The number of nitrogens with one attached hydrogen (secondary N) is 1. The molecule has 0 unspecified atom stereocenters. The van der Waals surface area contributed by atoms with E-state index in [9.17, 15) is 14.0 Å². The van der Waals surface area contributed by atoms with E-state index in [1.54, 1.807) is 20.8 Å². The summed E-state index contributed by atoms with van der Waals surface area (Å²) in [5.41, 5.74) is 4.75. The molecule has 1 aromatic carbocycles. The molecule has 1 aliphatic rings. The Labute approximate surface area is 153 Å². The van der Waals surface area contributed by atoms with Crippen LogP contribution in [0.2, 0.25) is 5.02 Å². The number of anilines is 1. The number of nitrogens with two attached hydrogens (primary N) is 1. The van der Waals surface area contributed by atoms with Crippen molar-refractivity contribution in [3.8, 4) is 0 Å². The lowest BCUT2D eigenvalue weighted by molar-refractivity contribution is -0.120. The molecule has 2 amide bonds. The number of rotatable bonds is 2. The first-order chi connectivity index (χ1) is 11.6. The topological polar surface area (TPSA) is 81.4 Å². The van der Waals surface area contributed by atoms with Crippen molar-refractivity contribution in [2.45, 2.75) is 58.5 Å². The number of hydrogen-bond acceptors (Lipinski definition) is 3. The molecule has 0 bridgehead atoms. The molecule has 5 nitrogen and oxygen atoms in total. The second kappa shape index (κ2) is 9.61. The van der Waals surface area contributed by atoms with E-state index in [4.69, 9.17) is 17.3 Å². The number of hydrogen-bond donors (Lipinski definition) is 2. The van der Waals surface area contributed by atoms with Gasteiger partial charge in [-0.2, -0.15) is 0 Å². The van der Waals surface area contributed by atoms with Gasteiger partial charge >= 0.3 is 6.09 Å². The highest BCUT2D eigenvalue weighted by Gasteiger charge is 2.21. The second-order valence-corrected chi connectivity index (χ2v) is 7.39. The summed E-state index contributed by atoms with van der Waals surface area (Å²) < 4.78 is 17.4. The van der Waals surface area contributed by atoms with E-state index in [0.717, 1.165) is 25.7 Å². The summed E-state index contributed by atoms with van der Waals surface area (Å²) >= 11 is 5.86. The summed E-state index contributed by atoms with van der Waals surface area (Å²) in [6.07, 6.45) is 4.57. The van der Waals surface area contributed by atoms with Crippen LogP contribution in [0, 0.1) is 11.7 Å². The summed E-state index contributed by atoms with van der Waals surface area (Å²) in [5.74, 6) is -0.325. The predicted octanol–water partition coefficient (Wildman–Crippen LogP) is 4.88. The molecule has 3 N–H and O–H groups in total. The Bertz CT molecular complexity index is 596. The van der Waals surface area contributed by atoms with Crippen LogP contribution in [0.4, 0.5) is 14.9 Å². The molecule has 0 radical (unpaired) electrons. The zero-order chi connectivity index (χ0) is 19.0. The van der Waals surface area contributed by atoms with E-state index >= 15 is 0 Å². The Balaban J connectivity index is 0.000000333. The number of ether oxygens (including phenoxy) is 1. The Morgan fingerprint density at radius 1 is 1.24 bits per heavy atom. The van der Waals surface area contributed by atoms with E-state index in [1.165, 1.54) is 24.6 Å². The molecule has 0 aliphatic heterocycles. The lowest BCUT2D eigenvalue weighted by atomic mass is 9.88. The first-order valence-electron chi connectivity index (χ1n) is 8.33. The van der Waals surface area contributed by atoms with E-state index in [1.807, 2.05) is 0 Å². The van der Waals surface area contributed by atoms with Crippen molar-refractivity contribution in [1.29, 1.82) is 0 Å². The Morgan fingerprint density at radius 2 is 1.84 bits per heavy atom. The third-order valence-corrected chi connectivity index (χ3v) is 3.88. The maximum absolute atomic E-state index is 12.8. The van der Waals surface area contributed by atoms with Crippen molar-refractivity contribution in [3.05, 3.63) is 29.0 Å². The smallest absolute Gasteiger partial charge is 0.405 e. The third kappa shape index (κ3) is 8.72. The van der Waals surface area contributed by atoms with Crippen molar-refractivity contribution >= 4 is 29.3 Å². The largest absolute Gasteiger partial charge is 0.444 e. The van der Waals surface area contributed by atoms with Crippen LogP contribution in [0.3, 0.4) is 0 Å². The molecular formula is C18H26ClFN2O3. The molecule has 1 aromatic rings. The molecule has 0 saturated heterocycles. The molecule has 1 fully saturated rings. The van der Waals surface area contributed by atoms with Gasteiger partial charge in [-0.3, -0.25) is 4.79 Å². The molecule has 140 valence electrons. The van der Waals surface area contributed by atoms with Crippen molar-refractivity contribution in [3.63, 3.8) is 0 Å². The lowest BCUT2D eigenvalue weighted by Gasteiger charge is -2.21. The number of carbonyl (C=O) groups is 2. The van der Waals surface area contributed by atoms with Crippen LogP contribution in [-0.2, 0) is 9.53 Å². The highest BCUT2D eigenvalue weighted by molar-refractivity contribution is 6.33. The van der Waals surface area contributed by atoms with Gasteiger partial charge in [-0.1, -0.05) is 30.9 Å².